The standard InChI is InChI=1S/C11H8O3.Al.Ni/c1-2-14-10-6-3-9(4-7-10)5-8-11(12)13;;/h3-4,6-8H,5H2,(H,12,13);;/q-1;;. The fraction of sp³-hybridized carbons (Fsp3) is 0.0909. The molecule has 0 aliphatic carbocycles. The zero-order valence-corrected chi connectivity index (χ0v) is 10.4. The fourth-order valence-corrected chi connectivity index (χ4v) is 1.05. The van der Waals surface area contributed by atoms with Gasteiger partial charge in [0.05, 0.1) is 6.11 Å². The van der Waals surface area contributed by atoms with Crippen LogP contribution in [0.5, 0.6) is 5.75 Å². The molecule has 0 unspecified atom stereocenters. The minimum atomic E-state index is -0.913. The van der Waals surface area contributed by atoms with Crippen LogP contribution in [0, 0.1) is 17.3 Å². The van der Waals surface area contributed by atoms with Gasteiger partial charge in [-0.2, -0.15) is 4.78 Å². The van der Waals surface area contributed by atoms with Crippen molar-refractivity contribution in [1.29, 1.82) is 0 Å². The van der Waals surface area contributed by atoms with Gasteiger partial charge in [-0.3, -0.25) is 11.2 Å². The van der Waals surface area contributed by atoms with Crippen LogP contribution < -0.4 is 4.74 Å². The van der Waals surface area contributed by atoms with Crippen LogP contribution in [0.4, 0.5) is 0 Å². The van der Waals surface area contributed by atoms with E-state index in [0.29, 0.717) is 12.2 Å². The topological polar surface area (TPSA) is 46.5 Å². The molecule has 0 heterocycles. The predicted octanol–water partition coefficient (Wildman–Crippen LogP) is 0.981. The summed E-state index contributed by atoms with van der Waals surface area (Å²) in [6.07, 6.45) is 4.06. The van der Waals surface area contributed by atoms with Gasteiger partial charge in [0.2, 0.25) is 0 Å². The second-order valence-electron chi connectivity index (χ2n) is 2.74. The van der Waals surface area contributed by atoms with E-state index in [1.54, 1.807) is 24.3 Å². The van der Waals surface area contributed by atoms with Gasteiger partial charge in [-0.25, -0.2) is 0 Å². The maximum atomic E-state index is 10.3. The smallest absolute Gasteiger partial charge is 0.269 e. The predicted molar refractivity (Wildman–Crippen MR) is 56.2 cm³/mol. The molecule has 5 heteroatoms. The Labute approximate surface area is 113 Å². The SMILES string of the molecule is O=C(O)[CH-]Cc1ccc(OC#[C][Al])cc1.[Ni]. The van der Waals surface area contributed by atoms with Crippen LogP contribution in [0.15, 0.2) is 24.3 Å². The number of carboxylic acids is 1. The van der Waals surface area contributed by atoms with Gasteiger partial charge in [-0.1, -0.05) is 17.7 Å². The molecule has 1 rings (SSSR count). The van der Waals surface area contributed by atoms with Crippen molar-refractivity contribution in [3.05, 3.63) is 36.2 Å². The molecule has 1 N–H and O–H groups in total. The summed E-state index contributed by atoms with van der Waals surface area (Å²) in [5.41, 5.74) is 0.920. The first-order chi connectivity index (χ1) is 7.22. The van der Waals surface area contributed by atoms with Crippen LogP contribution >= 0.6 is 0 Å². The molecule has 3 nitrogen and oxygen atoms in total. The van der Waals surface area contributed by atoms with Crippen molar-refractivity contribution in [2.24, 2.45) is 0 Å². The summed E-state index contributed by atoms with van der Waals surface area (Å²) in [7, 11) is 0. The molecule has 1 aromatic rings. The van der Waals surface area contributed by atoms with E-state index >= 15 is 0 Å². The molecule has 0 saturated carbocycles. The van der Waals surface area contributed by atoms with E-state index in [2.05, 4.69) is 27.2 Å². The Bertz CT molecular complexity index is 392. The van der Waals surface area contributed by atoms with Gasteiger partial charge in [0.1, 0.15) is 5.75 Å². The Balaban J connectivity index is 0.00000225. The molecule has 0 aliphatic heterocycles. The van der Waals surface area contributed by atoms with E-state index in [1.165, 1.54) is 6.42 Å². The van der Waals surface area contributed by atoms with Crippen LogP contribution in [-0.4, -0.2) is 27.4 Å². The molecule has 1 aromatic carbocycles. The molecule has 0 spiro atoms. The van der Waals surface area contributed by atoms with Crippen LogP contribution in [0.2, 0.25) is 0 Å². The molecule has 0 aromatic heterocycles. The average molecular weight is 274 g/mol. The summed E-state index contributed by atoms with van der Waals surface area (Å²) in [6.45, 7) is 0. The normalized spacial score (nSPS) is 8.00. The molecule has 0 fully saturated rings. The number of rotatable bonds is 4. The summed E-state index contributed by atoms with van der Waals surface area (Å²) in [6, 6.07) is 7.11. The quantitative estimate of drug-likeness (QED) is 0.505. The van der Waals surface area contributed by atoms with Crippen LogP contribution in [0.3, 0.4) is 0 Å². The van der Waals surface area contributed by atoms with Crippen LogP contribution in [-0.2, 0) is 27.7 Å². The van der Waals surface area contributed by atoms with E-state index in [4.69, 9.17) is 9.84 Å². The first-order valence-electron chi connectivity index (χ1n) is 4.25. The zero-order chi connectivity index (χ0) is 11.1. The maximum Gasteiger partial charge on any atom is 0.269 e. The first-order valence-corrected chi connectivity index (χ1v) is 4.82. The molecule has 84 valence electrons. The molecule has 0 bridgehead atoms. The van der Waals surface area contributed by atoms with Gasteiger partial charge in [0.15, 0.2) is 5.97 Å². The van der Waals surface area contributed by atoms with E-state index < -0.39 is 5.97 Å². The van der Waals surface area contributed by atoms with Crippen molar-refractivity contribution in [2.45, 2.75) is 6.42 Å². The number of benzene rings is 1. The van der Waals surface area contributed by atoms with Gasteiger partial charge in [0, 0.05) is 16.5 Å². The Kier molecular flexibility index (Phi) is 7.60. The Morgan fingerprint density at radius 2 is 2.06 bits per heavy atom. The molecule has 0 atom stereocenters. The minimum absolute atomic E-state index is 0. The Morgan fingerprint density at radius 3 is 2.56 bits per heavy atom. The van der Waals surface area contributed by atoms with E-state index in [0.717, 1.165) is 5.56 Å². The summed E-state index contributed by atoms with van der Waals surface area (Å²) in [4.78, 5) is 12.8. The van der Waals surface area contributed by atoms with Crippen molar-refractivity contribution in [3.8, 4) is 16.6 Å². The van der Waals surface area contributed by atoms with Crippen molar-refractivity contribution < 1.29 is 31.1 Å². The largest absolute Gasteiger partial charge is 0.503 e. The van der Waals surface area contributed by atoms with Crippen molar-refractivity contribution in [2.75, 3.05) is 0 Å². The number of hydrogen-bond donors (Lipinski definition) is 1. The van der Waals surface area contributed by atoms with Crippen molar-refractivity contribution >= 4 is 22.3 Å². The third-order valence-corrected chi connectivity index (χ3v) is 1.78. The van der Waals surface area contributed by atoms with Gasteiger partial charge in [-0.05, 0) is 12.1 Å². The van der Waals surface area contributed by atoms with Gasteiger partial charge >= 0.3 is 0 Å². The van der Waals surface area contributed by atoms with Gasteiger partial charge in [0.25, 0.3) is 16.3 Å². The third kappa shape index (κ3) is 5.74. The number of aliphatic carboxylic acids is 1. The molecule has 2 radical (unpaired) electrons. The van der Waals surface area contributed by atoms with Crippen LogP contribution in [0.25, 0.3) is 0 Å². The second-order valence-corrected chi connectivity index (χ2v) is 3.03. The summed E-state index contributed by atoms with van der Waals surface area (Å²) in [5, 5.41) is 8.44. The van der Waals surface area contributed by atoms with Crippen LogP contribution in [0.1, 0.15) is 5.56 Å². The van der Waals surface area contributed by atoms with E-state index in [1.807, 2.05) is 0 Å². The Morgan fingerprint density at radius 1 is 1.44 bits per heavy atom. The number of carboxylic acid groups (broad SMARTS) is 1. The van der Waals surface area contributed by atoms with Crippen molar-refractivity contribution in [1.82, 2.24) is 0 Å². The molecule has 0 saturated heterocycles. The number of ether oxygens (including phenoxy) is 1. The molecule has 16 heavy (non-hydrogen) atoms. The maximum absolute atomic E-state index is 10.3. The monoisotopic (exact) mass is 273 g/mol. The molecule has 0 amide bonds. The van der Waals surface area contributed by atoms with Crippen molar-refractivity contribution in [3.63, 3.8) is 0 Å². The second kappa shape index (κ2) is 8.14. The molecular formula is C11H8AlNiO3-. The summed E-state index contributed by atoms with van der Waals surface area (Å²) in [5.74, 6) is -0.270. The third-order valence-electron chi connectivity index (χ3n) is 1.66. The first kappa shape index (κ1) is 14.9. The fourth-order valence-electron chi connectivity index (χ4n) is 0.987. The summed E-state index contributed by atoms with van der Waals surface area (Å²) < 4.78 is 5.03. The van der Waals surface area contributed by atoms with Gasteiger partial charge in [-0.15, -0.1) is 6.42 Å². The van der Waals surface area contributed by atoms with E-state index in [9.17, 15) is 4.79 Å². The number of carbonyl (C=O) groups is 1. The van der Waals surface area contributed by atoms with E-state index in [-0.39, 0.29) is 16.5 Å². The average Bonchev–Trinajstić information content (AvgIpc) is 2.25. The Hall–Kier alpha value is -1.05. The van der Waals surface area contributed by atoms with Gasteiger partial charge < -0.3 is 9.84 Å². The molecular weight excluding hydrogens is 266 g/mol. The summed E-state index contributed by atoms with van der Waals surface area (Å²) >= 11 is 2.23. The zero-order valence-electron chi connectivity index (χ0n) is 8.25. The minimum Gasteiger partial charge on any atom is -0.503 e. The number of hydrogen-bond acceptors (Lipinski definition) is 2. The molecule has 0 aliphatic rings.